The lowest BCUT2D eigenvalue weighted by atomic mass is 10.1. The molecule has 3 aromatic rings. The highest BCUT2D eigenvalue weighted by molar-refractivity contribution is 7.99. The maximum atomic E-state index is 12.1. The van der Waals surface area contributed by atoms with Gasteiger partial charge >= 0.3 is 0 Å². The van der Waals surface area contributed by atoms with Crippen LogP contribution in [0.25, 0.3) is 0 Å². The number of halogens is 2. The number of nitrogens with one attached hydrogen (secondary N) is 1. The molecule has 0 bridgehead atoms. The molecule has 0 aliphatic heterocycles. The van der Waals surface area contributed by atoms with Gasteiger partial charge in [0.1, 0.15) is 5.75 Å². The summed E-state index contributed by atoms with van der Waals surface area (Å²) in [6, 6.07) is 14.8. The monoisotopic (exact) mass is 465 g/mol. The van der Waals surface area contributed by atoms with Crippen molar-refractivity contribution in [1.29, 1.82) is 0 Å². The van der Waals surface area contributed by atoms with E-state index in [2.05, 4.69) is 15.5 Å². The molecule has 0 saturated heterocycles. The molecule has 1 unspecified atom stereocenters. The number of aryl methyl sites for hydroxylation is 1. The van der Waals surface area contributed by atoms with Gasteiger partial charge in [-0.15, -0.1) is 10.2 Å². The summed E-state index contributed by atoms with van der Waals surface area (Å²) in [7, 11) is 0. The minimum absolute atomic E-state index is 0.0633. The van der Waals surface area contributed by atoms with Crippen molar-refractivity contribution in [2.45, 2.75) is 31.0 Å². The van der Waals surface area contributed by atoms with E-state index >= 15 is 0 Å². The fourth-order valence-electron chi connectivity index (χ4n) is 2.63. The summed E-state index contributed by atoms with van der Waals surface area (Å²) in [5, 5.41) is 12.3. The number of carbonyl (C=O) groups is 1. The second-order valence-electron chi connectivity index (χ2n) is 6.48. The first-order valence-electron chi connectivity index (χ1n) is 9.38. The number of ether oxygens (including phenoxy) is 1. The van der Waals surface area contributed by atoms with Gasteiger partial charge in [0, 0.05) is 11.4 Å². The van der Waals surface area contributed by atoms with E-state index in [0.29, 0.717) is 46.4 Å². The lowest BCUT2D eigenvalue weighted by Crippen LogP contribution is -2.28. The zero-order chi connectivity index (χ0) is 21.3. The highest BCUT2D eigenvalue weighted by Gasteiger charge is 2.13. The fourth-order valence-corrected chi connectivity index (χ4v) is 3.69. The van der Waals surface area contributed by atoms with E-state index in [1.807, 2.05) is 37.3 Å². The Morgan fingerprint density at radius 1 is 1.20 bits per heavy atom. The van der Waals surface area contributed by atoms with Gasteiger partial charge in [0.25, 0.3) is 5.22 Å². The Morgan fingerprint density at radius 3 is 2.77 bits per heavy atom. The zero-order valence-electron chi connectivity index (χ0n) is 16.3. The average Bonchev–Trinajstić information content (AvgIpc) is 3.19. The largest absolute Gasteiger partial charge is 0.492 e. The molecular formula is C21H21Cl2N3O3S. The van der Waals surface area contributed by atoms with E-state index in [9.17, 15) is 4.79 Å². The smallest absolute Gasteiger partial charge is 0.277 e. The van der Waals surface area contributed by atoms with Crippen molar-refractivity contribution < 1.29 is 13.9 Å². The molecule has 6 nitrogen and oxygen atoms in total. The average molecular weight is 466 g/mol. The van der Waals surface area contributed by atoms with Crippen molar-refractivity contribution in [3.05, 3.63) is 70.0 Å². The summed E-state index contributed by atoms with van der Waals surface area (Å²) in [4.78, 5) is 12.1. The second kappa shape index (κ2) is 11.2. The molecule has 2 aromatic carbocycles. The summed E-state index contributed by atoms with van der Waals surface area (Å²) < 4.78 is 11.2. The van der Waals surface area contributed by atoms with Crippen molar-refractivity contribution in [3.8, 4) is 5.75 Å². The second-order valence-corrected chi connectivity index (χ2v) is 8.25. The normalized spacial score (nSPS) is 11.8. The van der Waals surface area contributed by atoms with Crippen LogP contribution in [0.2, 0.25) is 10.0 Å². The van der Waals surface area contributed by atoms with Crippen molar-refractivity contribution in [2.24, 2.45) is 0 Å². The van der Waals surface area contributed by atoms with Crippen LogP contribution in [0.1, 0.15) is 30.8 Å². The van der Waals surface area contributed by atoms with Gasteiger partial charge in [-0.2, -0.15) is 0 Å². The molecule has 9 heteroatoms. The predicted molar refractivity (Wildman–Crippen MR) is 118 cm³/mol. The summed E-state index contributed by atoms with van der Waals surface area (Å²) in [6.45, 7) is 2.40. The predicted octanol–water partition coefficient (Wildman–Crippen LogP) is 5.36. The maximum Gasteiger partial charge on any atom is 0.277 e. The lowest BCUT2D eigenvalue weighted by Gasteiger charge is -2.13. The Labute approximate surface area is 189 Å². The third-order valence-electron chi connectivity index (χ3n) is 4.14. The number of aromatic nitrogens is 2. The van der Waals surface area contributed by atoms with E-state index in [-0.39, 0.29) is 17.7 Å². The van der Waals surface area contributed by atoms with Crippen LogP contribution in [0.4, 0.5) is 0 Å². The van der Waals surface area contributed by atoms with Crippen LogP contribution in [-0.2, 0) is 11.2 Å². The van der Waals surface area contributed by atoms with Gasteiger partial charge in [-0.1, -0.05) is 65.3 Å². The number of amides is 1. The molecule has 0 radical (unpaired) electrons. The topological polar surface area (TPSA) is 77.2 Å². The molecule has 1 amide bonds. The minimum Gasteiger partial charge on any atom is -0.492 e. The molecule has 0 fully saturated rings. The third-order valence-corrected chi connectivity index (χ3v) is 5.49. The molecule has 1 heterocycles. The van der Waals surface area contributed by atoms with Crippen molar-refractivity contribution in [3.63, 3.8) is 0 Å². The number of benzene rings is 2. The highest BCUT2D eigenvalue weighted by Crippen LogP contribution is 2.27. The van der Waals surface area contributed by atoms with Gasteiger partial charge in [0.2, 0.25) is 11.8 Å². The SMILES string of the molecule is CC(NC(=O)CSc1nnc(CCCOc2ccc(Cl)cc2Cl)o1)c1ccccc1. The molecule has 3 rings (SSSR count). The number of thioether (sulfide) groups is 1. The van der Waals surface area contributed by atoms with Crippen LogP contribution < -0.4 is 10.1 Å². The minimum atomic E-state index is -0.0932. The number of nitrogens with zero attached hydrogens (tertiary/aromatic N) is 2. The quantitative estimate of drug-likeness (QED) is 0.320. The van der Waals surface area contributed by atoms with Crippen molar-refractivity contribution >= 4 is 40.9 Å². The highest BCUT2D eigenvalue weighted by atomic mass is 35.5. The first kappa shape index (κ1) is 22.5. The molecular weight excluding hydrogens is 445 g/mol. The zero-order valence-corrected chi connectivity index (χ0v) is 18.6. The summed E-state index contributed by atoms with van der Waals surface area (Å²) >= 11 is 13.1. The molecule has 0 aliphatic carbocycles. The molecule has 0 spiro atoms. The molecule has 1 atom stereocenters. The van der Waals surface area contributed by atoms with Gasteiger partial charge in [0.05, 0.1) is 23.4 Å². The van der Waals surface area contributed by atoms with E-state index in [0.717, 1.165) is 5.56 Å². The van der Waals surface area contributed by atoms with Gasteiger partial charge in [-0.3, -0.25) is 4.79 Å². The first-order valence-corrected chi connectivity index (χ1v) is 11.1. The van der Waals surface area contributed by atoms with E-state index in [1.165, 1.54) is 11.8 Å². The Balaban J connectivity index is 1.37. The summed E-state index contributed by atoms with van der Waals surface area (Å²) in [5.41, 5.74) is 1.05. The molecule has 0 aliphatic rings. The summed E-state index contributed by atoms with van der Waals surface area (Å²) in [5.74, 6) is 1.20. The standard InChI is InChI=1S/C21H21Cl2N3O3S/c1-14(15-6-3-2-4-7-15)24-19(27)13-30-21-26-25-20(29-21)8-5-11-28-18-10-9-16(22)12-17(18)23/h2-4,6-7,9-10,12,14H,5,8,11,13H2,1H3,(H,24,27). The first-order chi connectivity index (χ1) is 14.5. The van der Waals surface area contributed by atoms with E-state index < -0.39 is 0 Å². The van der Waals surface area contributed by atoms with Crippen LogP contribution in [0.3, 0.4) is 0 Å². The van der Waals surface area contributed by atoms with Crippen LogP contribution in [0.5, 0.6) is 5.75 Å². The Hall–Kier alpha value is -2.22. The summed E-state index contributed by atoms with van der Waals surface area (Å²) in [6.07, 6.45) is 1.25. The van der Waals surface area contributed by atoms with Crippen molar-refractivity contribution in [1.82, 2.24) is 15.5 Å². The Bertz CT molecular complexity index is 969. The van der Waals surface area contributed by atoms with Gasteiger partial charge in [0.15, 0.2) is 0 Å². The Kier molecular flexibility index (Phi) is 8.42. The third kappa shape index (κ3) is 6.93. The number of hydrogen-bond acceptors (Lipinski definition) is 6. The van der Waals surface area contributed by atoms with Crippen molar-refractivity contribution in [2.75, 3.05) is 12.4 Å². The molecule has 0 saturated carbocycles. The van der Waals surface area contributed by atoms with Crippen LogP contribution >= 0.6 is 35.0 Å². The molecule has 1 N–H and O–H groups in total. The van der Waals surface area contributed by atoms with Crippen LogP contribution in [-0.4, -0.2) is 28.5 Å². The fraction of sp³-hybridized carbons (Fsp3) is 0.286. The number of carbonyl (C=O) groups excluding carboxylic acids is 1. The molecule has 1 aromatic heterocycles. The maximum absolute atomic E-state index is 12.1. The van der Waals surface area contributed by atoms with E-state index in [1.54, 1.807) is 18.2 Å². The number of hydrogen-bond donors (Lipinski definition) is 1. The Morgan fingerprint density at radius 2 is 2.00 bits per heavy atom. The van der Waals surface area contributed by atoms with Crippen LogP contribution in [0.15, 0.2) is 58.2 Å². The lowest BCUT2D eigenvalue weighted by molar-refractivity contribution is -0.119. The number of rotatable bonds is 10. The van der Waals surface area contributed by atoms with Gasteiger partial charge in [-0.05, 0) is 37.1 Å². The molecule has 158 valence electrons. The van der Waals surface area contributed by atoms with E-state index in [4.69, 9.17) is 32.4 Å². The van der Waals surface area contributed by atoms with Crippen LogP contribution in [0, 0.1) is 0 Å². The van der Waals surface area contributed by atoms with Gasteiger partial charge in [-0.25, -0.2) is 0 Å². The molecule has 30 heavy (non-hydrogen) atoms. The van der Waals surface area contributed by atoms with Gasteiger partial charge < -0.3 is 14.5 Å².